The summed E-state index contributed by atoms with van der Waals surface area (Å²) in [6.07, 6.45) is 1.43. The zero-order chi connectivity index (χ0) is 12.4. The third kappa shape index (κ3) is 2.33. The Morgan fingerprint density at radius 1 is 1.47 bits per heavy atom. The zero-order valence-electron chi connectivity index (χ0n) is 9.64. The van der Waals surface area contributed by atoms with Crippen molar-refractivity contribution < 1.29 is 9.21 Å². The average molecular weight is 232 g/mol. The van der Waals surface area contributed by atoms with Crippen molar-refractivity contribution in [2.75, 3.05) is 0 Å². The van der Waals surface area contributed by atoms with E-state index in [0.29, 0.717) is 11.5 Å². The quantitative estimate of drug-likeness (QED) is 0.749. The van der Waals surface area contributed by atoms with Gasteiger partial charge in [0.15, 0.2) is 5.76 Å². The molecule has 0 fully saturated rings. The molecule has 2 aromatic rings. The van der Waals surface area contributed by atoms with Crippen LogP contribution in [0.4, 0.5) is 0 Å². The van der Waals surface area contributed by atoms with Crippen LogP contribution in [0.5, 0.6) is 0 Å². The van der Waals surface area contributed by atoms with E-state index in [1.807, 2.05) is 0 Å². The van der Waals surface area contributed by atoms with Crippen molar-refractivity contribution in [2.24, 2.45) is 0 Å². The van der Waals surface area contributed by atoms with Gasteiger partial charge in [0.1, 0.15) is 5.82 Å². The van der Waals surface area contributed by atoms with Crippen LogP contribution in [0.15, 0.2) is 33.7 Å². The van der Waals surface area contributed by atoms with E-state index in [0.717, 1.165) is 0 Å². The number of rotatable bonds is 3. The van der Waals surface area contributed by atoms with E-state index in [4.69, 9.17) is 4.42 Å². The van der Waals surface area contributed by atoms with Gasteiger partial charge >= 0.3 is 0 Å². The van der Waals surface area contributed by atoms with Gasteiger partial charge in [-0.15, -0.1) is 0 Å². The summed E-state index contributed by atoms with van der Waals surface area (Å²) in [5, 5.41) is 0. The summed E-state index contributed by atoms with van der Waals surface area (Å²) in [6.45, 7) is 3.39. The Balaban J connectivity index is 2.31. The highest BCUT2D eigenvalue weighted by molar-refractivity contribution is 5.93. The molecule has 0 aliphatic carbocycles. The number of ketones is 1. The first-order chi connectivity index (χ1) is 8.08. The molecule has 0 saturated heterocycles. The second kappa shape index (κ2) is 4.37. The summed E-state index contributed by atoms with van der Waals surface area (Å²) in [6, 6.07) is 4.61. The normalized spacial score (nSPS) is 10.5. The van der Waals surface area contributed by atoms with Gasteiger partial charge in [-0.3, -0.25) is 14.2 Å². The lowest BCUT2D eigenvalue weighted by Crippen LogP contribution is -2.27. The molecule has 0 unspecified atom stereocenters. The van der Waals surface area contributed by atoms with E-state index in [9.17, 15) is 9.59 Å². The fourth-order valence-corrected chi connectivity index (χ4v) is 1.62. The molecule has 2 heterocycles. The lowest BCUT2D eigenvalue weighted by atomic mass is 10.3. The molecular weight excluding hydrogens is 220 g/mol. The fourth-order valence-electron chi connectivity index (χ4n) is 1.62. The Bertz CT molecular complexity index is 597. The summed E-state index contributed by atoms with van der Waals surface area (Å²) >= 11 is 0. The first-order valence-electron chi connectivity index (χ1n) is 5.19. The Morgan fingerprint density at radius 3 is 2.82 bits per heavy atom. The molecule has 88 valence electrons. The number of hydrogen-bond donors (Lipinski definition) is 0. The Kier molecular flexibility index (Phi) is 2.91. The number of carbonyl (C=O) groups excluding carboxylic acids is 1. The predicted molar refractivity (Wildman–Crippen MR) is 61.0 cm³/mol. The van der Waals surface area contributed by atoms with E-state index in [1.165, 1.54) is 16.9 Å². The number of nitrogens with zero attached hydrogens (tertiary/aromatic N) is 2. The van der Waals surface area contributed by atoms with Gasteiger partial charge < -0.3 is 4.42 Å². The summed E-state index contributed by atoms with van der Waals surface area (Å²) < 4.78 is 6.32. The van der Waals surface area contributed by atoms with Crippen LogP contribution in [-0.4, -0.2) is 15.3 Å². The SMILES string of the molecule is Cc1cc(=O)n(CC(=O)c2ccco2)c(C)n1. The van der Waals surface area contributed by atoms with Gasteiger partial charge in [-0.05, 0) is 26.0 Å². The Hall–Kier alpha value is -2.17. The van der Waals surface area contributed by atoms with Crippen molar-refractivity contribution in [2.45, 2.75) is 20.4 Å². The maximum Gasteiger partial charge on any atom is 0.254 e. The molecule has 5 nitrogen and oxygen atoms in total. The highest BCUT2D eigenvalue weighted by atomic mass is 16.3. The van der Waals surface area contributed by atoms with E-state index < -0.39 is 0 Å². The topological polar surface area (TPSA) is 65.1 Å². The molecular formula is C12H12N2O3. The monoisotopic (exact) mass is 232 g/mol. The summed E-state index contributed by atoms with van der Waals surface area (Å²) in [5.74, 6) is 0.526. The molecule has 0 atom stereocenters. The van der Waals surface area contributed by atoms with E-state index in [-0.39, 0.29) is 23.6 Å². The molecule has 2 rings (SSSR count). The van der Waals surface area contributed by atoms with Crippen molar-refractivity contribution >= 4 is 5.78 Å². The molecule has 2 aromatic heterocycles. The zero-order valence-corrected chi connectivity index (χ0v) is 9.64. The number of carbonyl (C=O) groups is 1. The summed E-state index contributed by atoms with van der Waals surface area (Å²) in [4.78, 5) is 27.6. The first-order valence-corrected chi connectivity index (χ1v) is 5.19. The van der Waals surface area contributed by atoms with E-state index in [2.05, 4.69) is 4.98 Å². The van der Waals surface area contributed by atoms with Crippen molar-refractivity contribution in [1.29, 1.82) is 0 Å². The molecule has 0 aliphatic heterocycles. The largest absolute Gasteiger partial charge is 0.461 e. The van der Waals surface area contributed by atoms with Crippen LogP contribution in [0.3, 0.4) is 0 Å². The lowest BCUT2D eigenvalue weighted by molar-refractivity contribution is 0.0942. The minimum absolute atomic E-state index is 0.0501. The van der Waals surface area contributed by atoms with Crippen LogP contribution in [0, 0.1) is 13.8 Å². The number of aryl methyl sites for hydroxylation is 2. The molecule has 0 spiro atoms. The standard InChI is InChI=1S/C12H12N2O3/c1-8-6-12(16)14(9(2)13-8)7-10(15)11-4-3-5-17-11/h3-6H,7H2,1-2H3. The van der Waals surface area contributed by atoms with Gasteiger partial charge in [-0.25, -0.2) is 4.98 Å². The second-order valence-corrected chi connectivity index (χ2v) is 3.77. The van der Waals surface area contributed by atoms with Gasteiger partial charge in [-0.2, -0.15) is 0 Å². The van der Waals surface area contributed by atoms with Crippen molar-refractivity contribution in [1.82, 2.24) is 9.55 Å². The Labute approximate surface area is 97.7 Å². The molecule has 0 bridgehead atoms. The maximum atomic E-state index is 11.8. The van der Waals surface area contributed by atoms with Crippen LogP contribution in [0.25, 0.3) is 0 Å². The maximum absolute atomic E-state index is 11.8. The second-order valence-electron chi connectivity index (χ2n) is 3.77. The van der Waals surface area contributed by atoms with Crippen molar-refractivity contribution in [3.8, 4) is 0 Å². The average Bonchev–Trinajstić information content (AvgIpc) is 2.76. The minimum Gasteiger partial charge on any atom is -0.461 e. The summed E-state index contributed by atoms with van der Waals surface area (Å²) in [5.41, 5.74) is 0.420. The van der Waals surface area contributed by atoms with E-state index in [1.54, 1.807) is 26.0 Å². The predicted octanol–water partition coefficient (Wildman–Crippen LogP) is 1.34. The van der Waals surface area contributed by atoms with Crippen LogP contribution < -0.4 is 5.56 Å². The van der Waals surface area contributed by atoms with Crippen LogP contribution >= 0.6 is 0 Å². The smallest absolute Gasteiger partial charge is 0.254 e. The number of Topliss-reactive ketones (excluding diaryl/α,β-unsaturated/α-hetero) is 1. The minimum atomic E-state index is -0.245. The van der Waals surface area contributed by atoms with E-state index >= 15 is 0 Å². The van der Waals surface area contributed by atoms with Gasteiger partial charge in [0.25, 0.3) is 5.56 Å². The van der Waals surface area contributed by atoms with Crippen LogP contribution in [-0.2, 0) is 6.54 Å². The molecule has 5 heteroatoms. The lowest BCUT2D eigenvalue weighted by Gasteiger charge is -2.07. The number of hydrogen-bond acceptors (Lipinski definition) is 4. The third-order valence-corrected chi connectivity index (χ3v) is 2.42. The van der Waals surface area contributed by atoms with Gasteiger partial charge in [-0.1, -0.05) is 0 Å². The molecule has 17 heavy (non-hydrogen) atoms. The fraction of sp³-hybridized carbons (Fsp3) is 0.250. The van der Waals surface area contributed by atoms with Crippen molar-refractivity contribution in [3.05, 3.63) is 52.1 Å². The van der Waals surface area contributed by atoms with Crippen molar-refractivity contribution in [3.63, 3.8) is 0 Å². The Morgan fingerprint density at radius 2 is 2.24 bits per heavy atom. The van der Waals surface area contributed by atoms with Crippen LogP contribution in [0.1, 0.15) is 22.1 Å². The molecule has 0 saturated carbocycles. The number of aromatic nitrogens is 2. The van der Waals surface area contributed by atoms with Gasteiger partial charge in [0, 0.05) is 11.8 Å². The van der Waals surface area contributed by atoms with Gasteiger partial charge in [0.05, 0.1) is 12.8 Å². The third-order valence-electron chi connectivity index (χ3n) is 2.42. The summed E-state index contributed by atoms with van der Waals surface area (Å²) in [7, 11) is 0. The van der Waals surface area contributed by atoms with Gasteiger partial charge in [0.2, 0.25) is 5.78 Å². The molecule has 0 aliphatic rings. The van der Waals surface area contributed by atoms with Crippen LogP contribution in [0.2, 0.25) is 0 Å². The molecule has 0 radical (unpaired) electrons. The molecule has 0 N–H and O–H groups in total. The molecule has 0 aromatic carbocycles. The molecule has 0 amide bonds. The first kappa shape index (κ1) is 11.3. The highest BCUT2D eigenvalue weighted by Gasteiger charge is 2.12. The number of furan rings is 1. The highest BCUT2D eigenvalue weighted by Crippen LogP contribution is 2.03.